The third-order valence-corrected chi connectivity index (χ3v) is 4.49. The second-order valence-electron chi connectivity index (χ2n) is 6.36. The molecule has 3 heteroatoms. The number of hydrogen-bond acceptors (Lipinski definition) is 3. The molecule has 1 aromatic heterocycles. The van der Waals surface area contributed by atoms with Gasteiger partial charge in [0.15, 0.2) is 0 Å². The normalized spacial score (nSPS) is 17.0. The van der Waals surface area contributed by atoms with Crippen molar-refractivity contribution >= 4 is 0 Å². The maximum Gasteiger partial charge on any atom is 0.134 e. The topological polar surface area (TPSA) is 19.6 Å². The molecule has 0 bridgehead atoms. The zero-order valence-corrected chi connectivity index (χ0v) is 13.7. The number of nitrogens with zero attached hydrogens (tertiary/aromatic N) is 2. The first-order valence-corrected chi connectivity index (χ1v) is 8.27. The summed E-state index contributed by atoms with van der Waals surface area (Å²) in [5, 5.41) is 0. The Labute approximate surface area is 133 Å². The smallest absolute Gasteiger partial charge is 0.134 e. The lowest BCUT2D eigenvalue weighted by Gasteiger charge is -2.32. The zero-order chi connectivity index (χ0) is 15.4. The highest BCUT2D eigenvalue weighted by Gasteiger charge is 2.12. The van der Waals surface area contributed by atoms with Crippen LogP contribution in [-0.2, 0) is 6.42 Å². The molecule has 118 valence electrons. The molecule has 3 rings (SSSR count). The van der Waals surface area contributed by atoms with E-state index in [1.165, 1.54) is 50.3 Å². The average molecular weight is 298 g/mol. The van der Waals surface area contributed by atoms with Crippen molar-refractivity contribution in [2.45, 2.75) is 19.8 Å². The van der Waals surface area contributed by atoms with Crippen molar-refractivity contribution in [2.75, 3.05) is 39.8 Å². The lowest BCUT2D eigenvalue weighted by molar-refractivity contribution is 0.153. The molecule has 0 spiro atoms. The van der Waals surface area contributed by atoms with Gasteiger partial charge in [0.25, 0.3) is 0 Å². The number of benzene rings is 1. The van der Waals surface area contributed by atoms with Crippen molar-refractivity contribution in [1.82, 2.24) is 9.80 Å². The van der Waals surface area contributed by atoms with Gasteiger partial charge in [0.05, 0.1) is 0 Å². The van der Waals surface area contributed by atoms with E-state index in [1.807, 2.05) is 13.0 Å². The summed E-state index contributed by atoms with van der Waals surface area (Å²) >= 11 is 0. The molecule has 1 saturated heterocycles. The van der Waals surface area contributed by atoms with Crippen LogP contribution in [0.1, 0.15) is 17.7 Å². The van der Waals surface area contributed by atoms with Crippen LogP contribution in [0, 0.1) is 6.92 Å². The summed E-state index contributed by atoms with van der Waals surface area (Å²) in [4.78, 5) is 4.99. The van der Waals surface area contributed by atoms with E-state index < -0.39 is 0 Å². The average Bonchev–Trinajstić information content (AvgIpc) is 2.96. The second-order valence-corrected chi connectivity index (χ2v) is 6.36. The molecule has 0 amide bonds. The molecular weight excluding hydrogens is 272 g/mol. The summed E-state index contributed by atoms with van der Waals surface area (Å²) in [6.45, 7) is 8.02. The van der Waals surface area contributed by atoms with Crippen LogP contribution in [0.3, 0.4) is 0 Å². The van der Waals surface area contributed by atoms with Crippen molar-refractivity contribution in [3.05, 3.63) is 47.7 Å². The monoisotopic (exact) mass is 298 g/mol. The van der Waals surface area contributed by atoms with Gasteiger partial charge in [-0.1, -0.05) is 18.2 Å². The molecule has 2 aromatic rings. The van der Waals surface area contributed by atoms with Crippen molar-refractivity contribution in [1.29, 1.82) is 0 Å². The number of piperazine rings is 1. The molecule has 0 atom stereocenters. The third kappa shape index (κ3) is 3.99. The first-order chi connectivity index (χ1) is 10.7. The summed E-state index contributed by atoms with van der Waals surface area (Å²) in [5.41, 5.74) is 2.59. The summed E-state index contributed by atoms with van der Waals surface area (Å²) in [6.07, 6.45) is 2.37. The lowest BCUT2D eigenvalue weighted by Crippen LogP contribution is -2.44. The lowest BCUT2D eigenvalue weighted by atomic mass is 10.0. The molecule has 1 aromatic carbocycles. The van der Waals surface area contributed by atoms with E-state index in [2.05, 4.69) is 47.2 Å². The van der Waals surface area contributed by atoms with Crippen molar-refractivity contribution in [2.24, 2.45) is 0 Å². The Morgan fingerprint density at radius 1 is 1.05 bits per heavy atom. The summed E-state index contributed by atoms with van der Waals surface area (Å²) in [5.74, 6) is 1.94. The van der Waals surface area contributed by atoms with Gasteiger partial charge in [-0.3, -0.25) is 0 Å². The molecule has 1 fully saturated rings. The van der Waals surface area contributed by atoms with Crippen LogP contribution in [-0.4, -0.2) is 49.6 Å². The number of likely N-dealkylation sites (N-methyl/N-ethyl adjacent to an activating group) is 1. The largest absolute Gasteiger partial charge is 0.461 e. The van der Waals surface area contributed by atoms with Gasteiger partial charge in [0, 0.05) is 31.7 Å². The molecule has 1 aliphatic rings. The quantitative estimate of drug-likeness (QED) is 0.843. The minimum absolute atomic E-state index is 0.968. The number of furan rings is 1. The molecule has 3 nitrogen and oxygen atoms in total. The molecule has 22 heavy (non-hydrogen) atoms. The second kappa shape index (κ2) is 7.12. The molecular formula is C19H26N2O. The van der Waals surface area contributed by atoms with Crippen LogP contribution >= 0.6 is 0 Å². The van der Waals surface area contributed by atoms with Crippen LogP contribution in [0.5, 0.6) is 0 Å². The fourth-order valence-electron chi connectivity index (χ4n) is 3.05. The van der Waals surface area contributed by atoms with Crippen molar-refractivity contribution in [3.8, 4) is 11.3 Å². The van der Waals surface area contributed by atoms with Crippen LogP contribution in [0.25, 0.3) is 11.3 Å². The molecule has 0 unspecified atom stereocenters. The maximum atomic E-state index is 5.72. The molecule has 2 heterocycles. The Kier molecular flexibility index (Phi) is 4.96. The molecule has 0 aliphatic carbocycles. The minimum atomic E-state index is 0.968. The molecule has 0 N–H and O–H groups in total. The van der Waals surface area contributed by atoms with Gasteiger partial charge in [0.1, 0.15) is 11.5 Å². The van der Waals surface area contributed by atoms with E-state index in [0.717, 1.165) is 17.9 Å². The predicted molar refractivity (Wildman–Crippen MR) is 91.1 cm³/mol. The van der Waals surface area contributed by atoms with E-state index in [4.69, 9.17) is 4.42 Å². The maximum absolute atomic E-state index is 5.72. The Morgan fingerprint density at radius 2 is 1.86 bits per heavy atom. The van der Waals surface area contributed by atoms with Gasteiger partial charge in [0.2, 0.25) is 0 Å². The third-order valence-electron chi connectivity index (χ3n) is 4.49. The van der Waals surface area contributed by atoms with E-state index in [9.17, 15) is 0 Å². The van der Waals surface area contributed by atoms with Gasteiger partial charge in [-0.25, -0.2) is 0 Å². The standard InChI is InChI=1S/C19H26N2O/c1-16-8-9-19(22-16)18-7-3-5-17(15-18)6-4-10-21-13-11-20(2)12-14-21/h3,5,7-9,15H,4,6,10-14H2,1-2H3. The summed E-state index contributed by atoms with van der Waals surface area (Å²) in [7, 11) is 2.21. The van der Waals surface area contributed by atoms with Crippen LogP contribution in [0.4, 0.5) is 0 Å². The Morgan fingerprint density at radius 3 is 2.59 bits per heavy atom. The first kappa shape index (κ1) is 15.3. The highest BCUT2D eigenvalue weighted by molar-refractivity contribution is 5.58. The fourth-order valence-corrected chi connectivity index (χ4v) is 3.05. The van der Waals surface area contributed by atoms with Gasteiger partial charge < -0.3 is 14.2 Å². The Hall–Kier alpha value is -1.58. The zero-order valence-electron chi connectivity index (χ0n) is 13.7. The summed E-state index contributed by atoms with van der Waals surface area (Å²) in [6, 6.07) is 12.8. The van der Waals surface area contributed by atoms with Gasteiger partial charge in [-0.2, -0.15) is 0 Å². The van der Waals surface area contributed by atoms with E-state index >= 15 is 0 Å². The fraction of sp³-hybridized carbons (Fsp3) is 0.474. The Bertz CT molecular complexity index is 597. The number of rotatable bonds is 5. The summed E-state index contributed by atoms with van der Waals surface area (Å²) < 4.78 is 5.72. The SMILES string of the molecule is Cc1ccc(-c2cccc(CCCN3CCN(C)CC3)c2)o1. The number of hydrogen-bond donors (Lipinski definition) is 0. The van der Waals surface area contributed by atoms with Crippen LogP contribution in [0.15, 0.2) is 40.8 Å². The highest BCUT2D eigenvalue weighted by atomic mass is 16.3. The molecule has 0 saturated carbocycles. The van der Waals surface area contributed by atoms with E-state index in [1.54, 1.807) is 0 Å². The number of aryl methyl sites for hydroxylation is 2. The predicted octanol–water partition coefficient (Wildman–Crippen LogP) is 3.44. The Balaban J connectivity index is 1.52. The van der Waals surface area contributed by atoms with Crippen molar-refractivity contribution < 1.29 is 4.42 Å². The van der Waals surface area contributed by atoms with Crippen molar-refractivity contribution in [3.63, 3.8) is 0 Å². The van der Waals surface area contributed by atoms with E-state index in [-0.39, 0.29) is 0 Å². The van der Waals surface area contributed by atoms with Gasteiger partial charge >= 0.3 is 0 Å². The minimum Gasteiger partial charge on any atom is -0.461 e. The first-order valence-electron chi connectivity index (χ1n) is 8.27. The van der Waals surface area contributed by atoms with Crippen LogP contribution < -0.4 is 0 Å². The highest BCUT2D eigenvalue weighted by Crippen LogP contribution is 2.23. The molecule has 0 radical (unpaired) electrons. The van der Waals surface area contributed by atoms with E-state index in [0.29, 0.717) is 0 Å². The van der Waals surface area contributed by atoms with Gasteiger partial charge in [-0.15, -0.1) is 0 Å². The van der Waals surface area contributed by atoms with Gasteiger partial charge in [-0.05, 0) is 57.1 Å². The van der Waals surface area contributed by atoms with Crippen LogP contribution in [0.2, 0.25) is 0 Å². The molecule has 1 aliphatic heterocycles.